The molecule has 0 radical (unpaired) electrons. The Labute approximate surface area is 136 Å². The molecule has 0 saturated carbocycles. The quantitative estimate of drug-likeness (QED) is 0.867. The normalized spacial score (nSPS) is 21.5. The van der Waals surface area contributed by atoms with Crippen LogP contribution in [0.2, 0.25) is 0 Å². The Hall–Kier alpha value is -1.46. The molecule has 0 spiro atoms. The number of likely N-dealkylation sites (tertiary alicyclic amines) is 1. The molecular formula is C17H23N3OS. The lowest BCUT2D eigenvalue weighted by Crippen LogP contribution is -2.38. The lowest BCUT2D eigenvalue weighted by molar-refractivity contribution is 0.212. The van der Waals surface area contributed by atoms with Crippen molar-refractivity contribution in [3.8, 4) is 0 Å². The number of carbonyl (C=O) groups excluding carboxylic acids is 1. The molecule has 2 heterocycles. The number of carbonyl (C=O) groups is 1. The minimum Gasteiger partial charge on any atom is -0.323 e. The van der Waals surface area contributed by atoms with Gasteiger partial charge in [0, 0.05) is 43.7 Å². The summed E-state index contributed by atoms with van der Waals surface area (Å²) in [6.45, 7) is 3.73. The maximum absolute atomic E-state index is 12.4. The van der Waals surface area contributed by atoms with E-state index < -0.39 is 0 Å². The highest BCUT2D eigenvalue weighted by Gasteiger charge is 2.30. The van der Waals surface area contributed by atoms with Crippen molar-refractivity contribution in [2.45, 2.75) is 18.2 Å². The van der Waals surface area contributed by atoms with Crippen LogP contribution in [0, 0.1) is 0 Å². The van der Waals surface area contributed by atoms with E-state index in [9.17, 15) is 4.79 Å². The van der Waals surface area contributed by atoms with Gasteiger partial charge in [-0.1, -0.05) is 24.3 Å². The van der Waals surface area contributed by atoms with Crippen molar-refractivity contribution in [1.82, 2.24) is 9.80 Å². The molecule has 1 fully saturated rings. The number of hydrogen-bond donors (Lipinski definition) is 1. The van der Waals surface area contributed by atoms with E-state index in [0.29, 0.717) is 6.04 Å². The van der Waals surface area contributed by atoms with E-state index in [0.717, 1.165) is 44.0 Å². The Kier molecular flexibility index (Phi) is 5.05. The topological polar surface area (TPSA) is 35.6 Å². The molecule has 5 heteroatoms. The summed E-state index contributed by atoms with van der Waals surface area (Å²) in [5, 5.41) is 3.04. The van der Waals surface area contributed by atoms with Crippen LogP contribution < -0.4 is 5.32 Å². The van der Waals surface area contributed by atoms with E-state index >= 15 is 0 Å². The SMILES string of the molecule is CSCc1cccc(NC(=O)N2CC[C@H](N3CC=CC3)C2)c1. The number of rotatable bonds is 4. The van der Waals surface area contributed by atoms with Crippen molar-refractivity contribution in [3.63, 3.8) is 0 Å². The first-order valence-electron chi connectivity index (χ1n) is 7.79. The second-order valence-electron chi connectivity index (χ2n) is 5.88. The van der Waals surface area contributed by atoms with Gasteiger partial charge in [-0.05, 0) is 30.4 Å². The fourth-order valence-electron chi connectivity index (χ4n) is 3.12. The van der Waals surface area contributed by atoms with Gasteiger partial charge in [-0.25, -0.2) is 4.79 Å². The van der Waals surface area contributed by atoms with Gasteiger partial charge in [0.05, 0.1) is 0 Å². The summed E-state index contributed by atoms with van der Waals surface area (Å²) in [6, 6.07) is 8.65. The van der Waals surface area contributed by atoms with Crippen molar-refractivity contribution in [2.24, 2.45) is 0 Å². The molecular weight excluding hydrogens is 294 g/mol. The van der Waals surface area contributed by atoms with E-state index in [4.69, 9.17) is 0 Å². The number of thioether (sulfide) groups is 1. The fourth-order valence-corrected chi connectivity index (χ4v) is 3.64. The molecule has 0 unspecified atom stereocenters. The Bertz CT molecular complexity index is 553. The van der Waals surface area contributed by atoms with Crippen LogP contribution in [0.15, 0.2) is 36.4 Å². The lowest BCUT2D eigenvalue weighted by Gasteiger charge is -2.23. The molecule has 22 heavy (non-hydrogen) atoms. The van der Waals surface area contributed by atoms with E-state index in [1.807, 2.05) is 17.0 Å². The summed E-state index contributed by atoms with van der Waals surface area (Å²) in [7, 11) is 0. The highest BCUT2D eigenvalue weighted by molar-refractivity contribution is 7.97. The van der Waals surface area contributed by atoms with Gasteiger partial charge in [-0.3, -0.25) is 4.90 Å². The average molecular weight is 317 g/mol. The van der Waals surface area contributed by atoms with Crippen LogP contribution in [0.25, 0.3) is 0 Å². The molecule has 1 aromatic rings. The number of hydrogen-bond acceptors (Lipinski definition) is 3. The predicted molar refractivity (Wildman–Crippen MR) is 93.4 cm³/mol. The molecule has 1 aromatic carbocycles. The number of urea groups is 1. The summed E-state index contributed by atoms with van der Waals surface area (Å²) in [4.78, 5) is 16.8. The van der Waals surface area contributed by atoms with Crippen molar-refractivity contribution in [1.29, 1.82) is 0 Å². The van der Waals surface area contributed by atoms with Gasteiger partial charge in [0.25, 0.3) is 0 Å². The largest absolute Gasteiger partial charge is 0.323 e. The Morgan fingerprint density at radius 2 is 2.18 bits per heavy atom. The third-order valence-electron chi connectivity index (χ3n) is 4.30. The van der Waals surface area contributed by atoms with Crippen molar-refractivity contribution in [3.05, 3.63) is 42.0 Å². The van der Waals surface area contributed by atoms with Crippen molar-refractivity contribution >= 4 is 23.5 Å². The first-order valence-corrected chi connectivity index (χ1v) is 9.18. The van der Waals surface area contributed by atoms with Crippen LogP contribution in [0.3, 0.4) is 0 Å². The van der Waals surface area contributed by atoms with E-state index in [1.54, 1.807) is 11.8 Å². The monoisotopic (exact) mass is 317 g/mol. The zero-order chi connectivity index (χ0) is 15.4. The summed E-state index contributed by atoms with van der Waals surface area (Å²) in [5.41, 5.74) is 2.13. The van der Waals surface area contributed by atoms with Crippen LogP contribution in [-0.2, 0) is 5.75 Å². The number of benzene rings is 1. The summed E-state index contributed by atoms with van der Waals surface area (Å²) in [6.07, 6.45) is 7.57. The molecule has 118 valence electrons. The van der Waals surface area contributed by atoms with Gasteiger partial charge in [0.15, 0.2) is 0 Å². The molecule has 1 N–H and O–H groups in total. The van der Waals surface area contributed by atoms with Crippen molar-refractivity contribution < 1.29 is 4.79 Å². The molecule has 3 rings (SSSR count). The van der Waals surface area contributed by atoms with Crippen LogP contribution in [-0.4, -0.2) is 54.3 Å². The fraction of sp³-hybridized carbons (Fsp3) is 0.471. The average Bonchev–Trinajstić information content (AvgIpc) is 3.19. The summed E-state index contributed by atoms with van der Waals surface area (Å²) < 4.78 is 0. The third-order valence-corrected chi connectivity index (χ3v) is 4.92. The lowest BCUT2D eigenvalue weighted by atomic mass is 10.2. The zero-order valence-corrected chi connectivity index (χ0v) is 13.8. The molecule has 1 saturated heterocycles. The molecule has 2 aliphatic rings. The van der Waals surface area contributed by atoms with Crippen LogP contribution >= 0.6 is 11.8 Å². The number of nitrogens with zero attached hydrogens (tertiary/aromatic N) is 2. The minimum absolute atomic E-state index is 0.0240. The highest BCUT2D eigenvalue weighted by Crippen LogP contribution is 2.20. The third kappa shape index (κ3) is 3.65. The first-order chi connectivity index (χ1) is 10.8. The van der Waals surface area contributed by atoms with Gasteiger partial charge >= 0.3 is 6.03 Å². The molecule has 0 bridgehead atoms. The standard InChI is InChI=1S/C17H23N3OS/c1-22-13-14-5-4-6-15(11-14)18-17(21)20-10-7-16(12-20)19-8-2-3-9-19/h2-6,11,16H,7-10,12-13H2,1H3,(H,18,21)/t16-/m0/s1. The van der Waals surface area contributed by atoms with Gasteiger partial charge < -0.3 is 10.2 Å². The second kappa shape index (κ2) is 7.20. The van der Waals surface area contributed by atoms with E-state index in [-0.39, 0.29) is 6.03 Å². The van der Waals surface area contributed by atoms with Crippen molar-refractivity contribution in [2.75, 3.05) is 37.8 Å². The van der Waals surface area contributed by atoms with E-state index in [2.05, 4.69) is 40.8 Å². The van der Waals surface area contributed by atoms with Gasteiger partial charge in [0.1, 0.15) is 0 Å². The smallest absolute Gasteiger partial charge is 0.321 e. The number of anilines is 1. The molecule has 0 aliphatic carbocycles. The second-order valence-corrected chi connectivity index (χ2v) is 6.74. The van der Waals surface area contributed by atoms with Crippen LogP contribution in [0.4, 0.5) is 10.5 Å². The van der Waals surface area contributed by atoms with E-state index in [1.165, 1.54) is 5.56 Å². The minimum atomic E-state index is 0.0240. The predicted octanol–water partition coefficient (Wildman–Crippen LogP) is 3.03. The van der Waals surface area contributed by atoms with Crippen LogP contribution in [0.5, 0.6) is 0 Å². The van der Waals surface area contributed by atoms with Gasteiger partial charge in [0.2, 0.25) is 0 Å². The van der Waals surface area contributed by atoms with Gasteiger partial charge in [-0.15, -0.1) is 0 Å². The maximum Gasteiger partial charge on any atom is 0.321 e. The maximum atomic E-state index is 12.4. The Balaban J connectivity index is 1.55. The van der Waals surface area contributed by atoms with Gasteiger partial charge in [-0.2, -0.15) is 11.8 Å². The summed E-state index contributed by atoms with van der Waals surface area (Å²) in [5.74, 6) is 0.970. The highest BCUT2D eigenvalue weighted by atomic mass is 32.2. The molecule has 2 aliphatic heterocycles. The van der Waals surface area contributed by atoms with Crippen LogP contribution in [0.1, 0.15) is 12.0 Å². The first kappa shape index (κ1) is 15.4. The zero-order valence-electron chi connectivity index (χ0n) is 13.0. The molecule has 2 amide bonds. The molecule has 1 atom stereocenters. The molecule has 0 aromatic heterocycles. The number of amides is 2. The Morgan fingerprint density at radius 3 is 2.95 bits per heavy atom. The molecule has 4 nitrogen and oxygen atoms in total. The summed E-state index contributed by atoms with van der Waals surface area (Å²) >= 11 is 1.79. The Morgan fingerprint density at radius 1 is 1.36 bits per heavy atom. The number of nitrogens with one attached hydrogen (secondary N) is 1.